The lowest BCUT2D eigenvalue weighted by Gasteiger charge is -2.19. The first-order chi connectivity index (χ1) is 8.76. The molecule has 1 aliphatic carbocycles. The number of benzene rings is 1. The Bertz CT molecular complexity index is 415. The summed E-state index contributed by atoms with van der Waals surface area (Å²) in [6.45, 7) is 0.478. The van der Waals surface area contributed by atoms with Crippen molar-refractivity contribution in [3.05, 3.63) is 29.8 Å². The van der Waals surface area contributed by atoms with Crippen LogP contribution in [0.15, 0.2) is 24.3 Å². The second kappa shape index (κ2) is 5.87. The van der Waals surface area contributed by atoms with Gasteiger partial charge >= 0.3 is 0 Å². The van der Waals surface area contributed by atoms with Crippen LogP contribution in [0.2, 0.25) is 0 Å². The second-order valence-electron chi connectivity index (χ2n) is 4.49. The molecule has 1 fully saturated rings. The predicted molar refractivity (Wildman–Crippen MR) is 68.5 cm³/mol. The third-order valence-corrected chi connectivity index (χ3v) is 3.18. The standard InChI is InChI=1S/C14H19NO3/c1-17-12-6-4-3-5-11(12)13(18-2)9-15-14(16)10-7-8-10/h3-6,10,13H,7-9H2,1-2H3,(H,15,16). The fourth-order valence-electron chi connectivity index (χ4n) is 1.94. The number of ether oxygens (including phenoxy) is 2. The van der Waals surface area contributed by atoms with E-state index in [0.717, 1.165) is 24.2 Å². The van der Waals surface area contributed by atoms with Gasteiger partial charge in [0.25, 0.3) is 0 Å². The van der Waals surface area contributed by atoms with Crippen LogP contribution in [0, 0.1) is 5.92 Å². The summed E-state index contributed by atoms with van der Waals surface area (Å²) in [6.07, 6.45) is 1.85. The number of carbonyl (C=O) groups excluding carboxylic acids is 1. The Balaban J connectivity index is 2.00. The van der Waals surface area contributed by atoms with E-state index >= 15 is 0 Å². The molecule has 1 aliphatic rings. The Morgan fingerprint density at radius 2 is 2.11 bits per heavy atom. The molecule has 0 radical (unpaired) electrons. The third kappa shape index (κ3) is 3.01. The van der Waals surface area contributed by atoms with Gasteiger partial charge in [0, 0.05) is 25.1 Å². The first-order valence-electron chi connectivity index (χ1n) is 6.19. The third-order valence-electron chi connectivity index (χ3n) is 3.18. The molecule has 1 saturated carbocycles. The number of hydrogen-bond acceptors (Lipinski definition) is 3. The van der Waals surface area contributed by atoms with Crippen molar-refractivity contribution in [3.8, 4) is 5.75 Å². The maximum absolute atomic E-state index is 11.6. The Hall–Kier alpha value is -1.55. The average molecular weight is 249 g/mol. The number of methoxy groups -OCH3 is 2. The summed E-state index contributed by atoms with van der Waals surface area (Å²) in [7, 11) is 3.27. The highest BCUT2D eigenvalue weighted by atomic mass is 16.5. The van der Waals surface area contributed by atoms with E-state index < -0.39 is 0 Å². The fraction of sp³-hybridized carbons (Fsp3) is 0.500. The van der Waals surface area contributed by atoms with Gasteiger partial charge in [0.05, 0.1) is 7.11 Å². The van der Waals surface area contributed by atoms with Crippen molar-refractivity contribution in [1.82, 2.24) is 5.32 Å². The molecule has 0 aromatic heterocycles. The number of carbonyl (C=O) groups is 1. The summed E-state index contributed by atoms with van der Waals surface area (Å²) in [5, 5.41) is 2.93. The number of para-hydroxylation sites is 1. The van der Waals surface area contributed by atoms with Crippen LogP contribution in [-0.4, -0.2) is 26.7 Å². The summed E-state index contributed by atoms with van der Waals surface area (Å²) >= 11 is 0. The van der Waals surface area contributed by atoms with Crippen molar-refractivity contribution in [2.24, 2.45) is 5.92 Å². The maximum Gasteiger partial charge on any atom is 0.223 e. The van der Waals surface area contributed by atoms with E-state index in [1.54, 1.807) is 14.2 Å². The lowest BCUT2D eigenvalue weighted by Crippen LogP contribution is -2.30. The van der Waals surface area contributed by atoms with Crippen molar-refractivity contribution in [2.45, 2.75) is 18.9 Å². The molecule has 18 heavy (non-hydrogen) atoms. The Labute approximate surface area is 107 Å². The van der Waals surface area contributed by atoms with Crippen LogP contribution in [0.1, 0.15) is 24.5 Å². The van der Waals surface area contributed by atoms with Gasteiger partial charge in [-0.25, -0.2) is 0 Å². The number of rotatable bonds is 6. The highest BCUT2D eigenvalue weighted by Gasteiger charge is 2.30. The van der Waals surface area contributed by atoms with E-state index in [1.807, 2.05) is 24.3 Å². The first kappa shape index (κ1) is 12.9. The van der Waals surface area contributed by atoms with Crippen molar-refractivity contribution in [3.63, 3.8) is 0 Å². The maximum atomic E-state index is 11.6. The number of amides is 1. The van der Waals surface area contributed by atoms with E-state index in [9.17, 15) is 4.79 Å². The molecule has 1 atom stereocenters. The highest BCUT2D eigenvalue weighted by Crippen LogP contribution is 2.30. The van der Waals surface area contributed by atoms with E-state index in [0.29, 0.717) is 6.54 Å². The van der Waals surface area contributed by atoms with Crippen LogP contribution in [0.25, 0.3) is 0 Å². The lowest BCUT2D eigenvalue weighted by atomic mass is 10.1. The SMILES string of the molecule is COc1ccccc1C(CNC(=O)C1CC1)OC. The van der Waals surface area contributed by atoms with Gasteiger partial charge in [-0.3, -0.25) is 4.79 Å². The van der Waals surface area contributed by atoms with Crippen LogP contribution in [0.5, 0.6) is 5.75 Å². The number of nitrogens with one attached hydrogen (secondary N) is 1. The van der Waals surface area contributed by atoms with Crippen molar-refractivity contribution in [2.75, 3.05) is 20.8 Å². The van der Waals surface area contributed by atoms with Gasteiger partial charge in [-0.15, -0.1) is 0 Å². The van der Waals surface area contributed by atoms with Crippen molar-refractivity contribution < 1.29 is 14.3 Å². The summed E-state index contributed by atoms with van der Waals surface area (Å²) in [4.78, 5) is 11.6. The molecule has 98 valence electrons. The molecule has 2 rings (SSSR count). The molecular formula is C14H19NO3. The zero-order chi connectivity index (χ0) is 13.0. The van der Waals surface area contributed by atoms with Crippen LogP contribution in [0.4, 0.5) is 0 Å². The quantitative estimate of drug-likeness (QED) is 0.837. The highest BCUT2D eigenvalue weighted by molar-refractivity contribution is 5.80. The van der Waals surface area contributed by atoms with Gasteiger partial charge in [0.15, 0.2) is 0 Å². The smallest absolute Gasteiger partial charge is 0.223 e. The largest absolute Gasteiger partial charge is 0.496 e. The van der Waals surface area contributed by atoms with E-state index in [1.165, 1.54) is 0 Å². The second-order valence-corrected chi connectivity index (χ2v) is 4.49. The minimum Gasteiger partial charge on any atom is -0.496 e. The Morgan fingerprint density at radius 1 is 1.39 bits per heavy atom. The molecule has 1 amide bonds. The summed E-state index contributed by atoms with van der Waals surface area (Å²) < 4.78 is 10.7. The van der Waals surface area contributed by atoms with Crippen LogP contribution in [-0.2, 0) is 9.53 Å². The van der Waals surface area contributed by atoms with E-state index in [-0.39, 0.29) is 17.9 Å². The minimum absolute atomic E-state index is 0.131. The molecule has 1 unspecified atom stereocenters. The van der Waals surface area contributed by atoms with Gasteiger partial charge in [-0.2, -0.15) is 0 Å². The first-order valence-corrected chi connectivity index (χ1v) is 6.19. The number of hydrogen-bond donors (Lipinski definition) is 1. The molecular weight excluding hydrogens is 230 g/mol. The molecule has 0 saturated heterocycles. The molecule has 1 aromatic rings. The predicted octanol–water partition coefficient (Wildman–Crippen LogP) is 1.91. The monoisotopic (exact) mass is 249 g/mol. The van der Waals surface area contributed by atoms with Gasteiger partial charge in [-0.05, 0) is 18.9 Å². The van der Waals surface area contributed by atoms with Crippen LogP contribution >= 0.6 is 0 Å². The molecule has 1 aromatic carbocycles. The van der Waals surface area contributed by atoms with Gasteiger partial charge in [0.1, 0.15) is 11.9 Å². The zero-order valence-corrected chi connectivity index (χ0v) is 10.8. The molecule has 4 nitrogen and oxygen atoms in total. The minimum atomic E-state index is -0.177. The van der Waals surface area contributed by atoms with Gasteiger partial charge in [-0.1, -0.05) is 18.2 Å². The van der Waals surface area contributed by atoms with Crippen molar-refractivity contribution >= 4 is 5.91 Å². The topological polar surface area (TPSA) is 47.6 Å². The Morgan fingerprint density at radius 3 is 2.72 bits per heavy atom. The lowest BCUT2D eigenvalue weighted by molar-refractivity contribution is -0.122. The molecule has 0 heterocycles. The van der Waals surface area contributed by atoms with E-state index in [4.69, 9.17) is 9.47 Å². The summed E-state index contributed by atoms with van der Waals surface area (Å²) in [6, 6.07) is 7.70. The average Bonchev–Trinajstić information content (AvgIpc) is 3.24. The molecule has 1 N–H and O–H groups in total. The van der Waals surface area contributed by atoms with E-state index in [2.05, 4.69) is 5.32 Å². The van der Waals surface area contributed by atoms with Crippen LogP contribution in [0.3, 0.4) is 0 Å². The zero-order valence-electron chi connectivity index (χ0n) is 10.8. The summed E-state index contributed by atoms with van der Waals surface area (Å²) in [5.41, 5.74) is 0.957. The summed E-state index contributed by atoms with van der Waals surface area (Å²) in [5.74, 6) is 1.14. The van der Waals surface area contributed by atoms with Gasteiger partial charge < -0.3 is 14.8 Å². The molecule has 0 bridgehead atoms. The normalized spacial score (nSPS) is 16.1. The Kier molecular flexibility index (Phi) is 4.20. The van der Waals surface area contributed by atoms with Crippen LogP contribution < -0.4 is 10.1 Å². The molecule has 4 heteroatoms. The van der Waals surface area contributed by atoms with Crippen molar-refractivity contribution in [1.29, 1.82) is 0 Å². The fourth-order valence-corrected chi connectivity index (χ4v) is 1.94. The van der Waals surface area contributed by atoms with Gasteiger partial charge in [0.2, 0.25) is 5.91 Å². The molecule has 0 aliphatic heterocycles. The molecule has 0 spiro atoms.